The van der Waals surface area contributed by atoms with Crippen molar-refractivity contribution in [2.45, 2.75) is 20.3 Å². The molecule has 0 aliphatic carbocycles. The zero-order valence-electron chi connectivity index (χ0n) is 31.9. The van der Waals surface area contributed by atoms with Gasteiger partial charge in [0.25, 0.3) is 11.8 Å². The summed E-state index contributed by atoms with van der Waals surface area (Å²) < 4.78 is 2.15. The Morgan fingerprint density at radius 3 is 1.32 bits per heavy atom. The second kappa shape index (κ2) is 15.1. The predicted octanol–water partition coefficient (Wildman–Crippen LogP) is 13.7. The van der Waals surface area contributed by atoms with Crippen molar-refractivity contribution >= 4 is 39.3 Å². The third kappa shape index (κ3) is 6.22. The van der Waals surface area contributed by atoms with Crippen molar-refractivity contribution in [3.63, 3.8) is 0 Å². The average molecular weight is 737 g/mol. The van der Waals surface area contributed by atoms with Gasteiger partial charge in [0.1, 0.15) is 0 Å². The highest BCUT2D eigenvalue weighted by atomic mass is 16.2. The Morgan fingerprint density at radius 1 is 0.368 bits per heavy atom. The summed E-state index contributed by atoms with van der Waals surface area (Å²) in [5.74, 6) is -0.678. The van der Waals surface area contributed by atoms with E-state index in [0.29, 0.717) is 22.5 Å². The highest BCUT2D eigenvalue weighted by molar-refractivity contribution is 6.37. The molecule has 57 heavy (non-hydrogen) atoms. The van der Waals surface area contributed by atoms with Crippen LogP contribution >= 0.6 is 0 Å². The normalized spacial score (nSPS) is 12.1. The van der Waals surface area contributed by atoms with Crippen molar-refractivity contribution in [1.82, 2.24) is 4.57 Å². The molecule has 1 aliphatic rings. The fraction of sp³-hybridized carbons (Fsp3) is 0.0566. The first-order chi connectivity index (χ1) is 28.1. The lowest BCUT2D eigenvalue weighted by Gasteiger charge is -2.22. The molecule has 0 atom stereocenters. The maximum absolute atomic E-state index is 15.0. The standard InChI is InChI=1S/C50H32N2O2.C3H8/c53-49-40-24-14-26-46(48(40)50(54)52(49)45-25-13-23-39(35-19-9-3-10-20-35)47(45)36-21-11-4-12-22-36)51-43-29-27-37(33-15-5-1-6-16-33)31-41(43)42-32-38(28-30-44(42)51)34-17-7-2-8-18-34;1-3-2/h1-32H;3H2,1-2H3. The van der Waals surface area contributed by atoms with Gasteiger partial charge in [0.15, 0.2) is 0 Å². The number of carbonyl (C=O) groups is 2. The number of hydrogen-bond acceptors (Lipinski definition) is 2. The second-order valence-corrected chi connectivity index (χ2v) is 14.3. The molecule has 10 rings (SSSR count). The molecule has 1 aliphatic heterocycles. The minimum atomic E-state index is -0.343. The van der Waals surface area contributed by atoms with Crippen LogP contribution in [0, 0.1) is 0 Å². The summed E-state index contributed by atoms with van der Waals surface area (Å²) in [6.45, 7) is 4.25. The van der Waals surface area contributed by atoms with Gasteiger partial charge in [0.05, 0.1) is 33.5 Å². The van der Waals surface area contributed by atoms with Gasteiger partial charge in [-0.2, -0.15) is 0 Å². The fourth-order valence-corrected chi connectivity index (χ4v) is 8.07. The predicted molar refractivity (Wildman–Crippen MR) is 236 cm³/mol. The molecule has 2 amide bonds. The van der Waals surface area contributed by atoms with E-state index in [4.69, 9.17) is 0 Å². The van der Waals surface area contributed by atoms with Crippen molar-refractivity contribution in [3.8, 4) is 50.2 Å². The molecule has 0 saturated heterocycles. The third-order valence-electron chi connectivity index (χ3n) is 10.5. The van der Waals surface area contributed by atoms with E-state index in [9.17, 15) is 9.59 Å². The van der Waals surface area contributed by atoms with Crippen LogP contribution in [0.4, 0.5) is 5.69 Å². The molecule has 0 fully saturated rings. The molecule has 4 heteroatoms. The third-order valence-corrected chi connectivity index (χ3v) is 10.5. The first-order valence-corrected chi connectivity index (χ1v) is 19.5. The quantitative estimate of drug-likeness (QED) is 0.160. The lowest BCUT2D eigenvalue weighted by atomic mass is 9.92. The van der Waals surface area contributed by atoms with Crippen LogP contribution in [-0.2, 0) is 0 Å². The van der Waals surface area contributed by atoms with Gasteiger partial charge >= 0.3 is 0 Å². The zero-order valence-corrected chi connectivity index (χ0v) is 31.9. The van der Waals surface area contributed by atoms with E-state index in [0.717, 1.165) is 66.3 Å². The van der Waals surface area contributed by atoms with Crippen LogP contribution in [0.15, 0.2) is 194 Å². The average Bonchev–Trinajstić information content (AvgIpc) is 3.74. The van der Waals surface area contributed by atoms with Crippen LogP contribution in [0.1, 0.15) is 41.0 Å². The molecule has 0 unspecified atom stereocenters. The maximum Gasteiger partial charge on any atom is 0.268 e. The molecule has 0 spiro atoms. The smallest absolute Gasteiger partial charge is 0.268 e. The van der Waals surface area contributed by atoms with Crippen molar-refractivity contribution in [1.29, 1.82) is 0 Å². The molecular formula is C53H40N2O2. The van der Waals surface area contributed by atoms with Crippen LogP contribution in [0.25, 0.3) is 72.0 Å². The van der Waals surface area contributed by atoms with Gasteiger partial charge in [-0.25, -0.2) is 4.90 Å². The van der Waals surface area contributed by atoms with E-state index in [1.54, 1.807) is 6.07 Å². The molecule has 8 aromatic carbocycles. The van der Waals surface area contributed by atoms with Gasteiger partial charge in [-0.3, -0.25) is 9.59 Å². The Hall–Kier alpha value is -7.30. The minimum absolute atomic E-state index is 0.335. The van der Waals surface area contributed by atoms with Gasteiger partial charge in [-0.15, -0.1) is 0 Å². The molecule has 1 aromatic heterocycles. The molecule has 0 saturated carbocycles. The number of rotatable bonds is 6. The van der Waals surface area contributed by atoms with Crippen molar-refractivity contribution in [2.24, 2.45) is 0 Å². The minimum Gasteiger partial charge on any atom is -0.308 e. The van der Waals surface area contributed by atoms with Crippen LogP contribution < -0.4 is 4.90 Å². The number of benzene rings is 8. The summed E-state index contributed by atoms with van der Waals surface area (Å²) in [6, 6.07) is 65.3. The van der Waals surface area contributed by atoms with Gasteiger partial charge in [0, 0.05) is 16.3 Å². The Morgan fingerprint density at radius 2 is 0.807 bits per heavy atom. The number of nitrogens with zero attached hydrogens (tertiary/aromatic N) is 2. The Bertz CT molecular complexity index is 2820. The lowest BCUT2D eigenvalue weighted by molar-refractivity contribution is 0.0926. The van der Waals surface area contributed by atoms with Crippen LogP contribution in [0.3, 0.4) is 0 Å². The number of imide groups is 1. The summed E-state index contributed by atoms with van der Waals surface area (Å²) in [5, 5.41) is 2.13. The Balaban J connectivity index is 0.00000137. The van der Waals surface area contributed by atoms with E-state index >= 15 is 0 Å². The monoisotopic (exact) mass is 736 g/mol. The first kappa shape index (κ1) is 35.4. The number of amides is 2. The van der Waals surface area contributed by atoms with E-state index in [2.05, 4.69) is 122 Å². The van der Waals surface area contributed by atoms with Gasteiger partial charge in [-0.1, -0.05) is 172 Å². The number of fused-ring (bicyclic) bond motifs is 4. The summed E-state index contributed by atoms with van der Waals surface area (Å²) in [7, 11) is 0. The largest absolute Gasteiger partial charge is 0.308 e. The SMILES string of the molecule is CCC.O=C1c2cccc(-n3c4ccc(-c5ccccc5)cc4c4cc(-c5ccccc5)ccc43)c2C(=O)N1c1cccc(-c2ccccc2)c1-c1ccccc1. The van der Waals surface area contributed by atoms with Gasteiger partial charge in [-0.05, 0) is 81.4 Å². The molecule has 274 valence electrons. The highest BCUT2D eigenvalue weighted by Crippen LogP contribution is 2.44. The van der Waals surface area contributed by atoms with Crippen LogP contribution in [0.5, 0.6) is 0 Å². The molecule has 4 nitrogen and oxygen atoms in total. The molecular weight excluding hydrogens is 697 g/mol. The maximum atomic E-state index is 15.0. The van der Waals surface area contributed by atoms with E-state index < -0.39 is 0 Å². The number of carbonyl (C=O) groups excluding carboxylic acids is 2. The molecule has 9 aromatic rings. The van der Waals surface area contributed by atoms with Crippen molar-refractivity contribution in [2.75, 3.05) is 4.90 Å². The first-order valence-electron chi connectivity index (χ1n) is 19.5. The Kier molecular flexibility index (Phi) is 9.37. The summed E-state index contributed by atoms with van der Waals surface area (Å²) in [5.41, 5.74) is 12.1. The van der Waals surface area contributed by atoms with Crippen LogP contribution in [-0.4, -0.2) is 16.4 Å². The number of aromatic nitrogens is 1. The zero-order chi connectivity index (χ0) is 38.9. The second-order valence-electron chi connectivity index (χ2n) is 14.3. The number of anilines is 1. The van der Waals surface area contributed by atoms with Crippen molar-refractivity contribution < 1.29 is 9.59 Å². The Labute approximate surface area is 332 Å². The molecule has 0 radical (unpaired) electrons. The molecule has 2 heterocycles. The van der Waals surface area contributed by atoms with Gasteiger partial charge < -0.3 is 4.57 Å². The molecule has 0 bridgehead atoms. The van der Waals surface area contributed by atoms with E-state index in [1.165, 1.54) is 11.3 Å². The van der Waals surface area contributed by atoms with E-state index in [-0.39, 0.29) is 11.8 Å². The van der Waals surface area contributed by atoms with Crippen LogP contribution in [0.2, 0.25) is 0 Å². The van der Waals surface area contributed by atoms with Crippen molar-refractivity contribution in [3.05, 3.63) is 205 Å². The summed E-state index contributed by atoms with van der Waals surface area (Å²) >= 11 is 0. The van der Waals surface area contributed by atoms with E-state index in [1.807, 2.05) is 84.9 Å². The molecule has 0 N–H and O–H groups in total. The highest BCUT2D eigenvalue weighted by Gasteiger charge is 2.40. The summed E-state index contributed by atoms with van der Waals surface area (Å²) in [6.07, 6.45) is 1.25. The summed E-state index contributed by atoms with van der Waals surface area (Å²) in [4.78, 5) is 31.0. The lowest BCUT2D eigenvalue weighted by Crippen LogP contribution is -2.30. The number of hydrogen-bond donors (Lipinski definition) is 0. The van der Waals surface area contributed by atoms with Gasteiger partial charge in [0.2, 0.25) is 0 Å². The fourth-order valence-electron chi connectivity index (χ4n) is 8.07. The topological polar surface area (TPSA) is 42.3 Å².